The summed E-state index contributed by atoms with van der Waals surface area (Å²) in [6, 6.07) is 17.3. The van der Waals surface area contributed by atoms with Gasteiger partial charge in [-0.3, -0.25) is 24.5 Å². The van der Waals surface area contributed by atoms with Gasteiger partial charge >= 0.3 is 0 Å². The van der Waals surface area contributed by atoms with Crippen LogP contribution in [0.4, 0.5) is 0 Å². The van der Waals surface area contributed by atoms with Crippen LogP contribution in [-0.4, -0.2) is 45.3 Å². The zero-order valence-electron chi connectivity index (χ0n) is 18.6. The largest absolute Gasteiger partial charge is 0.497 e. The molecule has 1 saturated heterocycles. The number of amides is 2. The normalized spacial score (nSPS) is 14.9. The summed E-state index contributed by atoms with van der Waals surface area (Å²) in [4.78, 5) is 28.2. The van der Waals surface area contributed by atoms with Crippen molar-refractivity contribution in [3.8, 4) is 17.0 Å². The lowest BCUT2D eigenvalue weighted by molar-refractivity contribution is -0.128. The minimum atomic E-state index is -0.543. The number of carbonyl (C=O) groups excluding carboxylic acids is 2. The summed E-state index contributed by atoms with van der Waals surface area (Å²) >= 11 is 6.65. The second-order valence-corrected chi connectivity index (χ2v) is 8.81. The molecule has 0 unspecified atom stereocenters. The highest BCUT2D eigenvalue weighted by Gasteiger charge is 2.33. The van der Waals surface area contributed by atoms with Crippen LogP contribution in [0.2, 0.25) is 0 Å². The second kappa shape index (κ2) is 10.1. The molecule has 1 N–H and O–H groups in total. The fourth-order valence-electron chi connectivity index (χ4n) is 3.47. The maximum atomic E-state index is 13.1. The van der Waals surface area contributed by atoms with E-state index in [2.05, 4.69) is 11.9 Å². The summed E-state index contributed by atoms with van der Waals surface area (Å²) in [6.45, 7) is 3.87. The number of aryl methyl sites for hydroxylation is 1. The molecule has 0 spiro atoms. The zero-order chi connectivity index (χ0) is 24.2. The number of nitrogens with zero attached hydrogens (tertiary/aromatic N) is 3. The summed E-state index contributed by atoms with van der Waals surface area (Å²) in [5.74, 6) is -0.264. The van der Waals surface area contributed by atoms with Gasteiger partial charge in [-0.05, 0) is 42.6 Å². The number of carbonyl (C=O) groups is 2. The average molecular weight is 491 g/mol. The van der Waals surface area contributed by atoms with E-state index in [1.54, 1.807) is 23.9 Å². The Balaban J connectivity index is 1.85. The molecule has 1 aliphatic heterocycles. The zero-order valence-corrected chi connectivity index (χ0v) is 20.3. The molecule has 0 atom stereocenters. The minimum absolute atomic E-state index is 0.0165. The number of benzene rings is 2. The molecule has 0 radical (unpaired) electrons. The first-order valence-corrected chi connectivity index (χ1v) is 11.6. The van der Waals surface area contributed by atoms with Crippen LogP contribution in [0, 0.1) is 0 Å². The summed E-state index contributed by atoms with van der Waals surface area (Å²) < 4.78 is 7.00. The van der Waals surface area contributed by atoms with E-state index in [1.807, 2.05) is 61.6 Å². The number of thiocarbonyl (C=S) groups is 1. The first-order valence-electron chi connectivity index (χ1n) is 10.4. The number of rotatable bonds is 7. The van der Waals surface area contributed by atoms with Crippen molar-refractivity contribution >= 4 is 47.0 Å². The summed E-state index contributed by atoms with van der Waals surface area (Å²) in [5, 5.41) is 8.16. The summed E-state index contributed by atoms with van der Waals surface area (Å²) in [7, 11) is 3.45. The Labute approximate surface area is 207 Å². The van der Waals surface area contributed by atoms with E-state index < -0.39 is 11.8 Å². The first kappa shape index (κ1) is 23.5. The molecule has 34 heavy (non-hydrogen) atoms. The predicted molar refractivity (Wildman–Crippen MR) is 136 cm³/mol. The number of hydrogen-bond donors (Lipinski definition) is 1. The van der Waals surface area contributed by atoms with Crippen molar-refractivity contribution in [2.24, 2.45) is 7.05 Å². The third-order valence-corrected chi connectivity index (χ3v) is 6.64. The van der Waals surface area contributed by atoms with Crippen molar-refractivity contribution in [3.63, 3.8) is 0 Å². The van der Waals surface area contributed by atoms with E-state index in [4.69, 9.17) is 22.1 Å². The smallest absolute Gasteiger partial charge is 0.265 e. The van der Waals surface area contributed by atoms with Gasteiger partial charge in [0.2, 0.25) is 0 Å². The van der Waals surface area contributed by atoms with E-state index in [9.17, 15) is 9.59 Å². The monoisotopic (exact) mass is 490 g/mol. The topological polar surface area (TPSA) is 76.5 Å². The Kier molecular flexibility index (Phi) is 6.95. The number of methoxy groups -OCH3 is 1. The van der Waals surface area contributed by atoms with Gasteiger partial charge in [-0.15, -0.1) is 6.58 Å². The van der Waals surface area contributed by atoms with Crippen molar-refractivity contribution in [2.75, 3.05) is 13.7 Å². The molecule has 9 heteroatoms. The average Bonchev–Trinajstić information content (AvgIpc) is 3.15. The highest BCUT2D eigenvalue weighted by molar-refractivity contribution is 7.99. The van der Waals surface area contributed by atoms with Crippen LogP contribution >= 0.6 is 24.0 Å². The van der Waals surface area contributed by atoms with Crippen molar-refractivity contribution in [1.82, 2.24) is 20.0 Å². The van der Waals surface area contributed by atoms with Gasteiger partial charge in [-0.2, -0.15) is 5.10 Å². The molecule has 3 aromatic rings. The fraction of sp³-hybridized carbons (Fsp3) is 0.120. The SMILES string of the molecule is C=CCN1C(=O)C(=Cc2c(-c3ccccc3)nn(C)c2Sc2ccc(OC)cc2)C(=O)NC1=S. The van der Waals surface area contributed by atoms with Crippen molar-refractivity contribution in [2.45, 2.75) is 9.92 Å². The van der Waals surface area contributed by atoms with E-state index in [0.717, 1.165) is 21.2 Å². The molecule has 2 aromatic carbocycles. The molecular weight excluding hydrogens is 468 g/mol. The molecule has 7 nitrogen and oxygen atoms in total. The molecule has 1 fully saturated rings. The molecular formula is C25H22N4O3S2. The molecule has 0 bridgehead atoms. The first-order chi connectivity index (χ1) is 16.4. The molecule has 2 amide bonds. The van der Waals surface area contributed by atoms with Gasteiger partial charge in [0.1, 0.15) is 22.0 Å². The highest BCUT2D eigenvalue weighted by atomic mass is 32.2. The lowest BCUT2D eigenvalue weighted by atomic mass is 10.0. The number of hydrogen-bond acceptors (Lipinski definition) is 6. The Hall–Kier alpha value is -3.69. The van der Waals surface area contributed by atoms with Crippen LogP contribution in [0.15, 0.2) is 82.7 Å². The quantitative estimate of drug-likeness (QED) is 0.233. The van der Waals surface area contributed by atoms with E-state index in [-0.39, 0.29) is 17.2 Å². The molecule has 1 aliphatic rings. The molecule has 2 heterocycles. The third kappa shape index (κ3) is 4.66. The standard InChI is InChI=1S/C25H22N4O3S2/c1-4-14-29-23(31)20(22(30)26-25(29)33)15-19-21(16-8-6-5-7-9-16)27-28(2)24(19)34-18-12-10-17(32-3)11-13-18/h4-13,15H,1,14H2,2-3H3,(H,26,30,33). The van der Waals surface area contributed by atoms with Gasteiger partial charge in [0.05, 0.1) is 7.11 Å². The fourth-order valence-corrected chi connectivity index (χ4v) is 4.66. The van der Waals surface area contributed by atoms with E-state index in [1.165, 1.54) is 16.7 Å². The lowest BCUT2D eigenvalue weighted by Gasteiger charge is -2.27. The van der Waals surface area contributed by atoms with Crippen molar-refractivity contribution < 1.29 is 14.3 Å². The van der Waals surface area contributed by atoms with Gasteiger partial charge in [0.15, 0.2) is 5.11 Å². The van der Waals surface area contributed by atoms with Crippen molar-refractivity contribution in [1.29, 1.82) is 0 Å². The maximum absolute atomic E-state index is 13.1. The summed E-state index contributed by atoms with van der Waals surface area (Å²) in [6.07, 6.45) is 3.15. The molecule has 0 saturated carbocycles. The van der Waals surface area contributed by atoms with Crippen LogP contribution in [0.25, 0.3) is 17.3 Å². The maximum Gasteiger partial charge on any atom is 0.265 e. The molecule has 1 aromatic heterocycles. The van der Waals surface area contributed by atoms with Crippen LogP contribution < -0.4 is 10.1 Å². The Morgan fingerprint density at radius 3 is 2.50 bits per heavy atom. The molecule has 172 valence electrons. The minimum Gasteiger partial charge on any atom is -0.497 e. The van der Waals surface area contributed by atoms with Crippen LogP contribution in [0.3, 0.4) is 0 Å². The predicted octanol–water partition coefficient (Wildman–Crippen LogP) is 4.06. The van der Waals surface area contributed by atoms with Crippen LogP contribution in [-0.2, 0) is 16.6 Å². The van der Waals surface area contributed by atoms with E-state index >= 15 is 0 Å². The summed E-state index contributed by atoms with van der Waals surface area (Å²) in [5.41, 5.74) is 2.18. The van der Waals surface area contributed by atoms with Gasteiger partial charge < -0.3 is 4.74 Å². The van der Waals surface area contributed by atoms with Gasteiger partial charge in [-0.1, -0.05) is 48.2 Å². The highest BCUT2D eigenvalue weighted by Crippen LogP contribution is 2.37. The Bertz CT molecular complexity index is 1300. The number of aromatic nitrogens is 2. The third-order valence-electron chi connectivity index (χ3n) is 5.14. The van der Waals surface area contributed by atoms with Crippen molar-refractivity contribution in [3.05, 3.63) is 78.4 Å². The van der Waals surface area contributed by atoms with Gasteiger partial charge in [0, 0.05) is 29.6 Å². The lowest BCUT2D eigenvalue weighted by Crippen LogP contribution is -2.53. The van der Waals surface area contributed by atoms with Crippen LogP contribution in [0.1, 0.15) is 5.56 Å². The van der Waals surface area contributed by atoms with Gasteiger partial charge in [-0.25, -0.2) is 0 Å². The Morgan fingerprint density at radius 2 is 1.85 bits per heavy atom. The van der Waals surface area contributed by atoms with Crippen LogP contribution in [0.5, 0.6) is 5.75 Å². The number of nitrogens with one attached hydrogen (secondary N) is 1. The number of ether oxygens (including phenoxy) is 1. The second-order valence-electron chi connectivity index (χ2n) is 7.36. The molecule has 0 aliphatic carbocycles. The van der Waals surface area contributed by atoms with E-state index in [0.29, 0.717) is 11.3 Å². The van der Waals surface area contributed by atoms with Gasteiger partial charge in [0.25, 0.3) is 11.8 Å². The molecule has 4 rings (SSSR count). The Morgan fingerprint density at radius 1 is 1.15 bits per heavy atom.